The maximum absolute atomic E-state index is 9.73. The molecule has 8 N–H and O–H groups in total. The molecule has 0 saturated heterocycles. The van der Waals surface area contributed by atoms with Crippen LogP contribution in [0, 0.1) is 0 Å². The van der Waals surface area contributed by atoms with Crippen molar-refractivity contribution in [1.82, 2.24) is 5.32 Å². The first-order chi connectivity index (χ1) is 9.00. The number of rotatable bonds is 4. The number of phenols is 2. The molecule has 10 heteroatoms. The Morgan fingerprint density at radius 1 is 1.14 bits per heavy atom. The Balaban J connectivity index is 0. The number of nitrogens with one attached hydrogen (secondary N) is 1. The lowest BCUT2D eigenvalue weighted by atomic mass is 10.1. The summed E-state index contributed by atoms with van der Waals surface area (Å²) in [6.45, 7) is 4.39. The zero-order valence-electron chi connectivity index (χ0n) is 11.6. The Kier molecular flexibility index (Phi) is 9.89. The van der Waals surface area contributed by atoms with E-state index in [1.54, 1.807) is 6.07 Å². The van der Waals surface area contributed by atoms with Gasteiger partial charge in [0, 0.05) is 12.6 Å². The van der Waals surface area contributed by atoms with E-state index in [1.807, 2.05) is 13.8 Å². The van der Waals surface area contributed by atoms with Gasteiger partial charge in [0.25, 0.3) is 0 Å². The Hall–Kier alpha value is -1.43. The topological polar surface area (TPSA) is 179 Å². The molecular formula is C11H21NO8S. The summed E-state index contributed by atoms with van der Waals surface area (Å²) in [6.07, 6.45) is -0.682. The molecule has 0 radical (unpaired) electrons. The first-order valence-corrected chi connectivity index (χ1v) is 7.03. The molecule has 1 aromatic carbocycles. The second-order valence-corrected chi connectivity index (χ2v) is 5.17. The van der Waals surface area contributed by atoms with E-state index >= 15 is 0 Å². The molecule has 0 aliphatic heterocycles. The van der Waals surface area contributed by atoms with E-state index in [4.69, 9.17) is 22.6 Å². The van der Waals surface area contributed by atoms with E-state index < -0.39 is 16.5 Å². The van der Waals surface area contributed by atoms with E-state index in [0.717, 1.165) is 0 Å². The van der Waals surface area contributed by atoms with Crippen LogP contribution in [0.15, 0.2) is 18.2 Å². The third kappa shape index (κ3) is 12.1. The molecule has 0 heterocycles. The highest BCUT2D eigenvalue weighted by atomic mass is 32.3. The standard InChI is InChI=1S/C11H17NO3.H2O4S.H2O/c1-7(2)12-6-11(15)8-3-4-9(13)10(14)5-8;1-5(2,3)4;/h3-5,7,11-15H,6H2,1-2H3;(H2,1,2,3,4);1H2. The summed E-state index contributed by atoms with van der Waals surface area (Å²) in [6, 6.07) is 4.61. The molecule has 9 nitrogen and oxygen atoms in total. The first kappa shape index (κ1) is 21.9. The second kappa shape index (κ2) is 9.50. The van der Waals surface area contributed by atoms with Gasteiger partial charge in [0.1, 0.15) is 0 Å². The fraction of sp³-hybridized carbons (Fsp3) is 0.455. The van der Waals surface area contributed by atoms with Crippen molar-refractivity contribution in [2.24, 2.45) is 0 Å². The van der Waals surface area contributed by atoms with E-state index in [-0.39, 0.29) is 17.0 Å². The van der Waals surface area contributed by atoms with Crippen LogP contribution in [0.2, 0.25) is 0 Å². The molecule has 0 saturated carbocycles. The quantitative estimate of drug-likeness (QED) is 0.321. The van der Waals surface area contributed by atoms with Crippen LogP contribution in [0.25, 0.3) is 0 Å². The summed E-state index contributed by atoms with van der Waals surface area (Å²) in [5.41, 5.74) is 0.582. The smallest absolute Gasteiger partial charge is 0.394 e. The van der Waals surface area contributed by atoms with Crippen LogP contribution in [0.1, 0.15) is 25.5 Å². The molecule has 0 aliphatic rings. The Morgan fingerprint density at radius 3 is 2.00 bits per heavy atom. The predicted octanol–water partition coefficient (Wildman–Crippen LogP) is -0.348. The van der Waals surface area contributed by atoms with Crippen molar-refractivity contribution >= 4 is 10.4 Å². The normalized spacial score (nSPS) is 12.1. The molecule has 0 bridgehead atoms. The van der Waals surface area contributed by atoms with Crippen molar-refractivity contribution in [3.05, 3.63) is 23.8 Å². The summed E-state index contributed by atoms with van der Waals surface area (Å²) in [5, 5.41) is 31.2. The van der Waals surface area contributed by atoms with Crippen LogP contribution in [0.4, 0.5) is 0 Å². The molecule has 1 unspecified atom stereocenters. The summed E-state index contributed by atoms with van der Waals surface area (Å²) < 4.78 is 31.6. The number of hydrogen-bond donors (Lipinski definition) is 6. The van der Waals surface area contributed by atoms with Crippen molar-refractivity contribution in [1.29, 1.82) is 0 Å². The lowest BCUT2D eigenvalue weighted by molar-refractivity contribution is 0.171. The maximum atomic E-state index is 9.73. The number of aliphatic hydroxyl groups is 1. The van der Waals surface area contributed by atoms with Crippen molar-refractivity contribution < 1.29 is 38.3 Å². The van der Waals surface area contributed by atoms with Gasteiger partial charge in [-0.25, -0.2) is 0 Å². The Morgan fingerprint density at radius 2 is 1.62 bits per heavy atom. The number of aromatic hydroxyl groups is 2. The van der Waals surface area contributed by atoms with Crippen LogP contribution in [-0.2, 0) is 10.4 Å². The van der Waals surface area contributed by atoms with E-state index in [9.17, 15) is 10.2 Å². The molecule has 0 fully saturated rings. The zero-order chi connectivity index (χ0) is 15.9. The molecule has 0 spiro atoms. The van der Waals surface area contributed by atoms with Crippen LogP contribution < -0.4 is 5.32 Å². The summed E-state index contributed by atoms with van der Waals surface area (Å²) in [5.74, 6) is -0.390. The summed E-state index contributed by atoms with van der Waals surface area (Å²) in [7, 11) is -4.67. The van der Waals surface area contributed by atoms with Gasteiger partial charge in [0.15, 0.2) is 11.5 Å². The molecule has 1 atom stereocenters. The van der Waals surface area contributed by atoms with Crippen LogP contribution in [-0.4, -0.2) is 50.9 Å². The van der Waals surface area contributed by atoms with Crippen LogP contribution >= 0.6 is 0 Å². The van der Waals surface area contributed by atoms with Crippen LogP contribution in [0.3, 0.4) is 0 Å². The molecule has 124 valence electrons. The minimum atomic E-state index is -4.67. The molecule has 1 rings (SSSR count). The minimum Gasteiger partial charge on any atom is -0.504 e. The average Bonchev–Trinajstić information content (AvgIpc) is 2.27. The number of benzene rings is 1. The van der Waals surface area contributed by atoms with Crippen LogP contribution in [0.5, 0.6) is 11.5 Å². The van der Waals surface area contributed by atoms with Gasteiger partial charge in [-0.3, -0.25) is 9.11 Å². The van der Waals surface area contributed by atoms with Gasteiger partial charge in [0.05, 0.1) is 6.10 Å². The molecule has 0 amide bonds. The van der Waals surface area contributed by atoms with Crippen molar-refractivity contribution in [3.63, 3.8) is 0 Å². The monoisotopic (exact) mass is 327 g/mol. The molecular weight excluding hydrogens is 306 g/mol. The third-order valence-electron chi connectivity index (χ3n) is 2.10. The van der Waals surface area contributed by atoms with Gasteiger partial charge in [-0.05, 0) is 17.7 Å². The lowest BCUT2D eigenvalue weighted by Crippen LogP contribution is -2.27. The van der Waals surface area contributed by atoms with E-state index in [2.05, 4.69) is 5.32 Å². The summed E-state index contributed by atoms with van der Waals surface area (Å²) >= 11 is 0. The highest BCUT2D eigenvalue weighted by molar-refractivity contribution is 7.79. The van der Waals surface area contributed by atoms with Gasteiger partial charge < -0.3 is 26.1 Å². The maximum Gasteiger partial charge on any atom is 0.394 e. The molecule has 0 aromatic heterocycles. The van der Waals surface area contributed by atoms with Gasteiger partial charge in [0.2, 0.25) is 0 Å². The second-order valence-electron chi connectivity index (χ2n) is 4.27. The fourth-order valence-electron chi connectivity index (χ4n) is 1.21. The number of hydrogen-bond acceptors (Lipinski definition) is 6. The van der Waals surface area contributed by atoms with Gasteiger partial charge in [-0.1, -0.05) is 19.9 Å². The minimum absolute atomic E-state index is 0. The molecule has 21 heavy (non-hydrogen) atoms. The fourth-order valence-corrected chi connectivity index (χ4v) is 1.21. The predicted molar refractivity (Wildman–Crippen MR) is 75.7 cm³/mol. The zero-order valence-corrected chi connectivity index (χ0v) is 12.4. The number of aliphatic hydroxyl groups excluding tert-OH is 1. The van der Waals surface area contributed by atoms with Gasteiger partial charge in [-0.15, -0.1) is 0 Å². The lowest BCUT2D eigenvalue weighted by Gasteiger charge is -2.14. The van der Waals surface area contributed by atoms with E-state index in [1.165, 1.54) is 12.1 Å². The highest BCUT2D eigenvalue weighted by Crippen LogP contribution is 2.27. The van der Waals surface area contributed by atoms with Gasteiger partial charge in [-0.2, -0.15) is 8.42 Å². The van der Waals surface area contributed by atoms with E-state index in [0.29, 0.717) is 18.2 Å². The van der Waals surface area contributed by atoms with Crippen molar-refractivity contribution in [2.45, 2.75) is 26.0 Å². The SMILES string of the molecule is CC(C)NCC(O)c1ccc(O)c(O)c1.O.O=S(=O)(O)O. The van der Waals surface area contributed by atoms with Crippen molar-refractivity contribution in [2.75, 3.05) is 6.54 Å². The molecule has 0 aliphatic carbocycles. The third-order valence-corrected chi connectivity index (χ3v) is 2.10. The largest absolute Gasteiger partial charge is 0.504 e. The Labute approximate surface area is 122 Å². The summed E-state index contributed by atoms with van der Waals surface area (Å²) in [4.78, 5) is 0. The van der Waals surface area contributed by atoms with Gasteiger partial charge >= 0.3 is 10.4 Å². The molecule has 1 aromatic rings. The number of phenolic OH excluding ortho intramolecular Hbond substituents is 2. The highest BCUT2D eigenvalue weighted by Gasteiger charge is 2.10. The Bertz CT molecular complexity index is 509. The van der Waals surface area contributed by atoms with Crippen molar-refractivity contribution in [3.8, 4) is 11.5 Å². The first-order valence-electron chi connectivity index (χ1n) is 5.64. The average molecular weight is 327 g/mol.